The molecule has 0 aromatic heterocycles. The fourth-order valence-electron chi connectivity index (χ4n) is 2.44. The van der Waals surface area contributed by atoms with Crippen LogP contribution in [0.1, 0.15) is 25.5 Å². The maximum absolute atomic E-state index is 12.1. The molecule has 1 aliphatic rings. The van der Waals surface area contributed by atoms with E-state index in [0.29, 0.717) is 6.54 Å². The molecule has 2 rings (SSSR count). The summed E-state index contributed by atoms with van der Waals surface area (Å²) in [6.45, 7) is 4.08. The molecule has 1 saturated heterocycles. The number of carboxylic acid groups (broad SMARTS) is 1. The Balaban J connectivity index is 1.89. The molecule has 1 aliphatic heterocycles. The van der Waals surface area contributed by atoms with Gasteiger partial charge in [0.2, 0.25) is 5.91 Å². The average molecular weight is 323 g/mol. The molecule has 3 atom stereocenters. The second kappa shape index (κ2) is 6.68. The van der Waals surface area contributed by atoms with Crippen LogP contribution < -0.4 is 16.4 Å². The molecule has 0 spiro atoms. The van der Waals surface area contributed by atoms with Crippen molar-refractivity contribution in [2.75, 3.05) is 6.54 Å². The van der Waals surface area contributed by atoms with Crippen LogP contribution in [0.25, 0.3) is 0 Å². The number of nitrogens with two attached hydrogens (primary N) is 1. The van der Waals surface area contributed by atoms with Crippen LogP contribution in [0.5, 0.6) is 0 Å². The Morgan fingerprint density at radius 2 is 2.05 bits per heavy atom. The van der Waals surface area contributed by atoms with Crippen LogP contribution in [0.4, 0.5) is 0 Å². The van der Waals surface area contributed by atoms with E-state index in [4.69, 9.17) is 5.73 Å². The van der Waals surface area contributed by atoms with Gasteiger partial charge in [-0.05, 0) is 19.4 Å². The zero-order valence-electron chi connectivity index (χ0n) is 12.6. The Morgan fingerprint density at radius 1 is 1.41 bits per heavy atom. The van der Waals surface area contributed by atoms with Crippen molar-refractivity contribution in [2.24, 2.45) is 5.73 Å². The van der Waals surface area contributed by atoms with Gasteiger partial charge in [-0.15, -0.1) is 11.8 Å². The van der Waals surface area contributed by atoms with E-state index in [-0.39, 0.29) is 11.3 Å². The van der Waals surface area contributed by atoms with E-state index in [1.807, 2.05) is 32.0 Å². The molecule has 1 fully saturated rings. The van der Waals surface area contributed by atoms with Gasteiger partial charge in [-0.3, -0.25) is 14.9 Å². The zero-order valence-corrected chi connectivity index (χ0v) is 13.4. The van der Waals surface area contributed by atoms with Gasteiger partial charge in [0.25, 0.3) is 0 Å². The lowest BCUT2D eigenvalue weighted by Crippen LogP contribution is -2.47. The molecule has 6 nitrogen and oxygen atoms in total. The lowest BCUT2D eigenvalue weighted by atomic mass is 10.0. The Labute approximate surface area is 133 Å². The third-order valence-corrected chi connectivity index (χ3v) is 5.07. The van der Waals surface area contributed by atoms with Crippen LogP contribution in [0, 0.1) is 0 Å². The number of carbonyl (C=O) groups is 2. The second-order valence-electron chi connectivity index (χ2n) is 5.78. The van der Waals surface area contributed by atoms with E-state index in [0.717, 1.165) is 5.56 Å². The van der Waals surface area contributed by atoms with E-state index in [2.05, 4.69) is 10.6 Å². The highest BCUT2D eigenvalue weighted by Gasteiger charge is 2.45. The molecule has 3 unspecified atom stereocenters. The Morgan fingerprint density at radius 3 is 2.59 bits per heavy atom. The predicted octanol–water partition coefficient (Wildman–Crippen LogP) is 0.697. The van der Waals surface area contributed by atoms with E-state index in [9.17, 15) is 14.7 Å². The lowest BCUT2D eigenvalue weighted by Gasteiger charge is -2.20. The highest BCUT2D eigenvalue weighted by molar-refractivity contribution is 8.01. The molecule has 7 heteroatoms. The fourth-order valence-corrected chi connectivity index (χ4v) is 3.85. The summed E-state index contributed by atoms with van der Waals surface area (Å²) in [6.07, 6.45) is 0. The van der Waals surface area contributed by atoms with Crippen molar-refractivity contribution in [1.82, 2.24) is 10.6 Å². The summed E-state index contributed by atoms with van der Waals surface area (Å²) in [7, 11) is 0. The third-order valence-electron chi connectivity index (χ3n) is 3.64. The van der Waals surface area contributed by atoms with Crippen molar-refractivity contribution < 1.29 is 14.7 Å². The number of amides is 1. The average Bonchev–Trinajstić information content (AvgIpc) is 2.80. The van der Waals surface area contributed by atoms with Crippen molar-refractivity contribution in [2.45, 2.75) is 36.1 Å². The first-order chi connectivity index (χ1) is 10.3. The Bertz CT molecular complexity index is 550. The number of hydrogen-bond donors (Lipinski definition) is 4. The van der Waals surface area contributed by atoms with Gasteiger partial charge in [-0.1, -0.05) is 30.3 Å². The van der Waals surface area contributed by atoms with Crippen LogP contribution in [0.2, 0.25) is 0 Å². The molecule has 120 valence electrons. The first kappa shape index (κ1) is 16.8. The van der Waals surface area contributed by atoms with Gasteiger partial charge >= 0.3 is 5.97 Å². The number of rotatable bonds is 5. The number of hydrogen-bond acceptors (Lipinski definition) is 5. The van der Waals surface area contributed by atoms with Gasteiger partial charge in [0.15, 0.2) is 0 Å². The van der Waals surface area contributed by atoms with Gasteiger partial charge < -0.3 is 16.2 Å². The van der Waals surface area contributed by atoms with Crippen LogP contribution in [0.3, 0.4) is 0 Å². The highest BCUT2D eigenvalue weighted by atomic mass is 32.2. The van der Waals surface area contributed by atoms with Crippen LogP contribution >= 0.6 is 11.8 Å². The maximum Gasteiger partial charge on any atom is 0.322 e. The molecule has 0 bridgehead atoms. The van der Waals surface area contributed by atoms with E-state index >= 15 is 0 Å². The Hall–Kier alpha value is -1.57. The van der Waals surface area contributed by atoms with Crippen molar-refractivity contribution in [3.05, 3.63) is 35.9 Å². The molecule has 1 aromatic carbocycles. The zero-order chi connectivity index (χ0) is 16.3. The van der Waals surface area contributed by atoms with Crippen molar-refractivity contribution in [3.8, 4) is 0 Å². The minimum Gasteiger partial charge on any atom is -0.480 e. The van der Waals surface area contributed by atoms with Crippen LogP contribution in [0.15, 0.2) is 30.3 Å². The van der Waals surface area contributed by atoms with E-state index < -0.39 is 22.8 Å². The summed E-state index contributed by atoms with van der Waals surface area (Å²) in [5.74, 6) is -1.16. The molecule has 22 heavy (non-hydrogen) atoms. The first-order valence-electron chi connectivity index (χ1n) is 7.06. The maximum atomic E-state index is 12.1. The summed E-state index contributed by atoms with van der Waals surface area (Å²) < 4.78 is -0.428. The summed E-state index contributed by atoms with van der Waals surface area (Å²) in [4.78, 5) is 23.3. The second-order valence-corrected chi connectivity index (χ2v) is 7.64. The predicted molar refractivity (Wildman–Crippen MR) is 86.4 cm³/mol. The standard InChI is InChI=1S/C15H21N3O3S/c1-15(2)12(14(20)21)18-10(22-15)8-17-13(19)11(16)9-6-4-3-5-7-9/h3-7,10-12,18H,8,16H2,1-2H3,(H,17,19)(H,20,21). The minimum absolute atomic E-state index is 0.150. The van der Waals surface area contributed by atoms with Gasteiger partial charge in [0.05, 0.1) is 5.37 Å². The van der Waals surface area contributed by atoms with Crippen LogP contribution in [-0.2, 0) is 9.59 Å². The smallest absolute Gasteiger partial charge is 0.322 e. The van der Waals surface area contributed by atoms with E-state index in [1.165, 1.54) is 11.8 Å². The number of carbonyl (C=O) groups excluding carboxylic acids is 1. The summed E-state index contributed by atoms with van der Waals surface area (Å²) in [6, 6.07) is 7.76. The molecule has 0 aliphatic carbocycles. The summed E-state index contributed by atoms with van der Waals surface area (Å²) in [5.41, 5.74) is 6.66. The van der Waals surface area contributed by atoms with Crippen molar-refractivity contribution in [3.63, 3.8) is 0 Å². The molecule has 1 aromatic rings. The first-order valence-corrected chi connectivity index (χ1v) is 7.94. The van der Waals surface area contributed by atoms with Crippen molar-refractivity contribution in [1.29, 1.82) is 0 Å². The molecule has 0 radical (unpaired) electrons. The SMILES string of the molecule is CC1(C)SC(CNC(=O)C(N)c2ccccc2)NC1C(=O)O. The number of aliphatic carboxylic acids is 1. The molecule has 5 N–H and O–H groups in total. The lowest BCUT2D eigenvalue weighted by molar-refractivity contribution is -0.139. The molecular weight excluding hydrogens is 302 g/mol. The van der Waals surface area contributed by atoms with Crippen LogP contribution in [-0.4, -0.2) is 39.7 Å². The highest BCUT2D eigenvalue weighted by Crippen LogP contribution is 2.37. The van der Waals surface area contributed by atoms with Gasteiger partial charge in [-0.25, -0.2) is 0 Å². The fraction of sp³-hybridized carbons (Fsp3) is 0.467. The number of carboxylic acids is 1. The van der Waals surface area contributed by atoms with Gasteiger partial charge in [0, 0.05) is 11.3 Å². The van der Waals surface area contributed by atoms with Gasteiger partial charge in [-0.2, -0.15) is 0 Å². The number of thioether (sulfide) groups is 1. The minimum atomic E-state index is -0.882. The third kappa shape index (κ3) is 3.79. The quantitative estimate of drug-likeness (QED) is 0.636. The normalized spacial score (nSPS) is 24.7. The number of nitrogens with one attached hydrogen (secondary N) is 2. The van der Waals surface area contributed by atoms with E-state index in [1.54, 1.807) is 12.1 Å². The molecule has 1 heterocycles. The largest absolute Gasteiger partial charge is 0.480 e. The molecule has 0 saturated carbocycles. The number of benzene rings is 1. The van der Waals surface area contributed by atoms with Crippen molar-refractivity contribution >= 4 is 23.6 Å². The monoisotopic (exact) mass is 323 g/mol. The summed E-state index contributed by atoms with van der Waals surface area (Å²) in [5, 5.41) is 14.9. The molecular formula is C15H21N3O3S. The van der Waals surface area contributed by atoms with Gasteiger partial charge in [0.1, 0.15) is 12.1 Å². The molecule has 1 amide bonds. The summed E-state index contributed by atoms with van der Waals surface area (Å²) >= 11 is 1.51. The topological polar surface area (TPSA) is 104 Å². The Kier molecular flexibility index (Phi) is 5.10.